The lowest BCUT2D eigenvalue weighted by Gasteiger charge is -2.70. The average Bonchev–Trinajstić information content (AvgIpc) is 3.20. The predicted octanol–water partition coefficient (Wildman–Crippen LogP) is 2.58. The first-order valence-electron chi connectivity index (χ1n) is 13.1. The van der Waals surface area contributed by atoms with E-state index >= 15 is 0 Å². The highest BCUT2D eigenvalue weighted by atomic mass is 16.5. The monoisotopic (exact) mass is 449 g/mol. The van der Waals surface area contributed by atoms with Gasteiger partial charge in [-0.25, -0.2) is 0 Å². The molecule has 12 atom stereocenters. The van der Waals surface area contributed by atoms with Crippen LogP contribution in [0, 0.1) is 40.4 Å². The topological polar surface area (TPSA) is 60.4 Å². The molecule has 0 aromatic heterocycles. The van der Waals surface area contributed by atoms with Crippen molar-refractivity contribution >= 4 is 0 Å². The molecule has 12 unspecified atom stereocenters. The van der Waals surface area contributed by atoms with Crippen LogP contribution in [-0.4, -0.2) is 87.6 Å². The zero-order valence-corrected chi connectivity index (χ0v) is 20.6. The molecule has 6 nitrogen and oxygen atoms in total. The molecule has 0 amide bonds. The van der Waals surface area contributed by atoms with Crippen LogP contribution >= 0.6 is 0 Å². The van der Waals surface area contributed by atoms with E-state index in [2.05, 4.69) is 18.7 Å². The van der Waals surface area contributed by atoms with Crippen LogP contribution in [0.3, 0.4) is 0 Å². The molecule has 0 radical (unpaired) electrons. The van der Waals surface area contributed by atoms with Crippen molar-refractivity contribution < 1.29 is 24.1 Å². The maximum absolute atomic E-state index is 11.7. The number of aliphatic hydroxyl groups is 1. The van der Waals surface area contributed by atoms with Gasteiger partial charge in [0.1, 0.15) is 0 Å². The molecule has 5 aliphatic carbocycles. The van der Waals surface area contributed by atoms with Crippen LogP contribution in [0.15, 0.2) is 0 Å². The van der Waals surface area contributed by atoms with E-state index in [1.165, 1.54) is 12.8 Å². The van der Waals surface area contributed by atoms with Gasteiger partial charge in [0.2, 0.25) is 0 Å². The van der Waals surface area contributed by atoms with E-state index in [9.17, 15) is 5.11 Å². The molecule has 6 heteroatoms. The molecular weight excluding hydrogens is 406 g/mol. The van der Waals surface area contributed by atoms with Gasteiger partial charge in [0.25, 0.3) is 0 Å². The molecule has 0 aromatic rings. The van der Waals surface area contributed by atoms with Crippen molar-refractivity contribution in [1.82, 2.24) is 4.90 Å². The van der Waals surface area contributed by atoms with E-state index in [1.54, 1.807) is 0 Å². The minimum Gasteiger partial charge on any atom is -0.392 e. The standard InChI is InChI=1S/C26H43NO5/c1-6-27-13-24(14-29-3)9-8-20(31-5)26-16-10-15-18(30-4)12-25(32-7-2,21(16)22(15)28)17(23(26)27)11-19(24)26/h15-23,28H,6-14H2,1-5H3. The summed E-state index contributed by atoms with van der Waals surface area (Å²) >= 11 is 0. The minimum absolute atomic E-state index is 0.0775. The van der Waals surface area contributed by atoms with Crippen LogP contribution in [-0.2, 0) is 18.9 Å². The van der Waals surface area contributed by atoms with E-state index in [-0.39, 0.29) is 46.6 Å². The highest BCUT2D eigenvalue weighted by molar-refractivity contribution is 5.33. The Morgan fingerprint density at radius 2 is 1.88 bits per heavy atom. The number of hydrogen-bond donors (Lipinski definition) is 1. The average molecular weight is 450 g/mol. The molecule has 182 valence electrons. The first-order valence-corrected chi connectivity index (χ1v) is 13.1. The number of aliphatic hydroxyl groups excluding tert-OH is 1. The molecule has 6 aliphatic rings. The Bertz CT molecular complexity index is 750. The molecule has 32 heavy (non-hydrogen) atoms. The number of hydrogen-bond acceptors (Lipinski definition) is 6. The maximum Gasteiger partial charge on any atom is 0.0806 e. The number of ether oxygens (including phenoxy) is 4. The van der Waals surface area contributed by atoms with Gasteiger partial charge < -0.3 is 24.1 Å². The van der Waals surface area contributed by atoms with Gasteiger partial charge in [-0.2, -0.15) is 0 Å². The summed E-state index contributed by atoms with van der Waals surface area (Å²) < 4.78 is 25.3. The fourth-order valence-electron chi connectivity index (χ4n) is 11.2. The summed E-state index contributed by atoms with van der Waals surface area (Å²) in [5, 5.41) is 11.7. The Labute approximate surface area is 193 Å². The fraction of sp³-hybridized carbons (Fsp3) is 1.00. The van der Waals surface area contributed by atoms with Crippen LogP contribution in [0.25, 0.3) is 0 Å². The highest BCUT2D eigenvalue weighted by Gasteiger charge is 2.84. The number of fused-ring (bicyclic) bond motifs is 2. The van der Waals surface area contributed by atoms with E-state index in [4.69, 9.17) is 18.9 Å². The van der Waals surface area contributed by atoms with Crippen molar-refractivity contribution in [3.05, 3.63) is 0 Å². The molecule has 1 spiro atoms. The smallest absolute Gasteiger partial charge is 0.0806 e. The van der Waals surface area contributed by atoms with Crippen molar-refractivity contribution in [2.24, 2.45) is 40.4 Å². The second kappa shape index (κ2) is 7.38. The lowest BCUT2D eigenvalue weighted by atomic mass is 9.43. The maximum atomic E-state index is 11.7. The van der Waals surface area contributed by atoms with Gasteiger partial charge in [0.15, 0.2) is 0 Å². The van der Waals surface area contributed by atoms with Crippen LogP contribution in [0.1, 0.15) is 46.0 Å². The molecule has 1 aliphatic heterocycles. The summed E-state index contributed by atoms with van der Waals surface area (Å²) in [6, 6.07) is 0.460. The zero-order valence-electron chi connectivity index (χ0n) is 20.6. The van der Waals surface area contributed by atoms with Gasteiger partial charge in [0.05, 0.1) is 30.5 Å². The Morgan fingerprint density at radius 1 is 1.06 bits per heavy atom. The Balaban J connectivity index is 1.59. The summed E-state index contributed by atoms with van der Waals surface area (Å²) in [6.07, 6.45) is 5.41. The lowest BCUT2D eigenvalue weighted by molar-refractivity contribution is -0.285. The number of rotatable bonds is 7. The van der Waals surface area contributed by atoms with Crippen molar-refractivity contribution in [2.75, 3.05) is 47.6 Å². The molecule has 5 saturated carbocycles. The summed E-state index contributed by atoms with van der Waals surface area (Å²) in [7, 11) is 5.64. The number of nitrogens with zero attached hydrogens (tertiary/aromatic N) is 1. The third kappa shape index (κ3) is 2.29. The summed E-state index contributed by atoms with van der Waals surface area (Å²) in [4.78, 5) is 2.79. The molecular formula is C26H43NO5. The molecule has 1 N–H and O–H groups in total. The van der Waals surface area contributed by atoms with E-state index in [0.29, 0.717) is 30.4 Å². The van der Waals surface area contributed by atoms with E-state index in [0.717, 1.165) is 39.0 Å². The van der Waals surface area contributed by atoms with Gasteiger partial charge in [-0.3, -0.25) is 4.90 Å². The Hall–Kier alpha value is -0.240. The van der Waals surface area contributed by atoms with Gasteiger partial charge in [-0.05, 0) is 51.0 Å². The second-order valence-electron chi connectivity index (χ2n) is 11.8. The minimum atomic E-state index is -0.338. The number of likely N-dealkylation sites (tertiary alicyclic amines) is 1. The van der Waals surface area contributed by atoms with Crippen LogP contribution in [0.2, 0.25) is 0 Å². The Morgan fingerprint density at radius 3 is 2.53 bits per heavy atom. The molecule has 1 heterocycles. The first-order chi connectivity index (χ1) is 15.5. The van der Waals surface area contributed by atoms with Crippen LogP contribution < -0.4 is 0 Å². The number of methoxy groups -OCH3 is 3. The SMILES string of the molecule is CCOC12CC(OC)C3CC(C1C3O)C13C(OC)CCC4(COC)CN(CC)C1C2CC43. The third-order valence-corrected chi connectivity index (χ3v) is 11.5. The fourth-order valence-corrected chi connectivity index (χ4v) is 11.2. The molecule has 6 rings (SSSR count). The van der Waals surface area contributed by atoms with Crippen molar-refractivity contribution in [2.45, 2.75) is 75.9 Å². The lowest BCUT2D eigenvalue weighted by Crippen LogP contribution is -2.76. The summed E-state index contributed by atoms with van der Waals surface area (Å²) in [6.45, 7) is 8.16. The molecule has 1 saturated heterocycles. The van der Waals surface area contributed by atoms with Crippen LogP contribution in [0.5, 0.6) is 0 Å². The molecule has 7 bridgehead atoms. The van der Waals surface area contributed by atoms with E-state index in [1.807, 2.05) is 21.3 Å². The van der Waals surface area contributed by atoms with Crippen LogP contribution in [0.4, 0.5) is 0 Å². The third-order valence-electron chi connectivity index (χ3n) is 11.5. The van der Waals surface area contributed by atoms with Crippen molar-refractivity contribution in [3.63, 3.8) is 0 Å². The summed E-state index contributed by atoms with van der Waals surface area (Å²) in [5.74, 6) is 1.81. The number of piperidine rings is 1. The molecule has 6 fully saturated rings. The second-order valence-corrected chi connectivity index (χ2v) is 11.8. The zero-order chi connectivity index (χ0) is 22.5. The largest absolute Gasteiger partial charge is 0.392 e. The quantitative estimate of drug-likeness (QED) is 0.645. The van der Waals surface area contributed by atoms with Gasteiger partial charge in [-0.1, -0.05) is 6.92 Å². The highest BCUT2D eigenvalue weighted by Crippen LogP contribution is 2.79. The normalized spacial score (nSPS) is 57.8. The van der Waals surface area contributed by atoms with Gasteiger partial charge in [-0.15, -0.1) is 0 Å². The first kappa shape index (κ1) is 22.2. The van der Waals surface area contributed by atoms with Crippen molar-refractivity contribution in [1.29, 1.82) is 0 Å². The Kier molecular flexibility index (Phi) is 5.13. The predicted molar refractivity (Wildman–Crippen MR) is 120 cm³/mol. The molecule has 0 aromatic carbocycles. The summed E-state index contributed by atoms with van der Waals surface area (Å²) in [5.41, 5.74) is -0.0382. The van der Waals surface area contributed by atoms with Gasteiger partial charge >= 0.3 is 0 Å². The van der Waals surface area contributed by atoms with E-state index < -0.39 is 0 Å². The van der Waals surface area contributed by atoms with Crippen molar-refractivity contribution in [3.8, 4) is 0 Å². The van der Waals surface area contributed by atoms with Gasteiger partial charge in [0, 0.05) is 75.5 Å².